The minimum atomic E-state index is -0.841. The van der Waals surface area contributed by atoms with Crippen LogP contribution in [0.2, 0.25) is 0 Å². The van der Waals surface area contributed by atoms with E-state index in [0.717, 1.165) is 0 Å². The van der Waals surface area contributed by atoms with Gasteiger partial charge in [0, 0.05) is 12.1 Å². The van der Waals surface area contributed by atoms with Crippen molar-refractivity contribution in [3.05, 3.63) is 70.3 Å². The first-order chi connectivity index (χ1) is 12.3. The van der Waals surface area contributed by atoms with E-state index in [-0.39, 0.29) is 29.0 Å². The Bertz CT molecular complexity index is 777. The number of ether oxygens (including phenoxy) is 1. The van der Waals surface area contributed by atoms with E-state index in [2.05, 4.69) is 5.10 Å². The largest absolute Gasteiger partial charge is 0.855 e. The van der Waals surface area contributed by atoms with Gasteiger partial charge in [-0.1, -0.05) is 35.4 Å². The van der Waals surface area contributed by atoms with Crippen LogP contribution in [0.25, 0.3) is 0 Å². The number of non-ortho nitro benzene ring substituents is 1. The topological polar surface area (TPSA) is 108 Å². The molecule has 0 heterocycles. The Morgan fingerprint density at radius 1 is 1.23 bits per heavy atom. The fourth-order valence-electron chi connectivity index (χ4n) is 2.37. The highest BCUT2D eigenvalue weighted by Crippen LogP contribution is 2.14. The second-order valence-corrected chi connectivity index (χ2v) is 6.29. The van der Waals surface area contributed by atoms with Gasteiger partial charge >= 0.3 is 0 Å². The van der Waals surface area contributed by atoms with Gasteiger partial charge in [-0.25, -0.2) is 4.59 Å². The number of aliphatic hydroxyl groups excluding tert-OH is 1. The second-order valence-electron chi connectivity index (χ2n) is 6.29. The molecule has 8 nitrogen and oxygen atoms in total. The second kappa shape index (κ2) is 8.41. The summed E-state index contributed by atoms with van der Waals surface area (Å²) < 4.78 is 5.35. The lowest BCUT2D eigenvalue weighted by Gasteiger charge is -2.27. The average Bonchev–Trinajstić information content (AvgIpc) is 2.60. The monoisotopic (exact) mass is 359 g/mol. The van der Waals surface area contributed by atoms with Crippen molar-refractivity contribution in [2.75, 3.05) is 27.2 Å². The number of rotatable bonds is 8. The molecule has 0 aliphatic carbocycles. The van der Waals surface area contributed by atoms with Crippen LogP contribution in [-0.4, -0.2) is 53.9 Å². The van der Waals surface area contributed by atoms with E-state index in [4.69, 9.17) is 4.74 Å². The molecule has 26 heavy (non-hydrogen) atoms. The van der Waals surface area contributed by atoms with E-state index in [9.17, 15) is 20.3 Å². The third-order valence-corrected chi connectivity index (χ3v) is 3.51. The van der Waals surface area contributed by atoms with Gasteiger partial charge in [0.1, 0.15) is 25.0 Å². The molecule has 0 aliphatic heterocycles. The van der Waals surface area contributed by atoms with Crippen molar-refractivity contribution in [3.63, 3.8) is 0 Å². The van der Waals surface area contributed by atoms with E-state index in [1.165, 1.54) is 24.3 Å². The number of para-hydroxylation sites is 1. The highest BCUT2D eigenvalue weighted by atomic mass is 16.6. The van der Waals surface area contributed by atoms with Gasteiger partial charge in [0.2, 0.25) is 0 Å². The molecular formula is C18H21N3O5. The molecule has 1 unspecified atom stereocenters. The summed E-state index contributed by atoms with van der Waals surface area (Å²) in [5, 5.41) is 37.3. The minimum Gasteiger partial charge on any atom is -0.855 e. The number of hydrogen-bond donors (Lipinski definition) is 1. The first-order valence-corrected chi connectivity index (χ1v) is 7.98. The number of nitrogens with zero attached hydrogens (tertiary/aromatic N) is 3. The van der Waals surface area contributed by atoms with Gasteiger partial charge in [-0.05, 0) is 17.7 Å². The molecule has 2 rings (SSSR count). The lowest BCUT2D eigenvalue weighted by atomic mass is 10.2. The Labute approximate surface area is 151 Å². The van der Waals surface area contributed by atoms with Crippen molar-refractivity contribution < 1.29 is 24.5 Å². The highest BCUT2D eigenvalue weighted by molar-refractivity contribution is 5.90. The van der Waals surface area contributed by atoms with Crippen molar-refractivity contribution in [2.24, 2.45) is 5.10 Å². The molecule has 2 aromatic rings. The van der Waals surface area contributed by atoms with Gasteiger partial charge in [-0.2, -0.15) is 0 Å². The molecule has 0 radical (unpaired) electrons. The summed E-state index contributed by atoms with van der Waals surface area (Å²) in [6.07, 6.45) is -0.841. The molecule has 0 amide bonds. The minimum absolute atomic E-state index is 0.0617. The summed E-state index contributed by atoms with van der Waals surface area (Å²) in [7, 11) is 3.31. The predicted molar refractivity (Wildman–Crippen MR) is 94.6 cm³/mol. The standard InChI is InChI=1S/C18H21N3O5/c1-21(2,12-16(22)13-26-17-9-4-3-5-10-17)19-18(23)14-7-6-8-15(11-14)20(24)25/h3-11,16,22H,12-13H2,1-2H3. The molecule has 2 aromatic carbocycles. The smallest absolute Gasteiger partial charge is 0.270 e. The van der Waals surface area contributed by atoms with Crippen LogP contribution in [0.3, 0.4) is 0 Å². The summed E-state index contributed by atoms with van der Waals surface area (Å²) in [6, 6.07) is 14.5. The Morgan fingerprint density at radius 2 is 1.92 bits per heavy atom. The van der Waals surface area contributed by atoms with Gasteiger partial charge in [-0.15, -0.1) is 0 Å². The van der Waals surface area contributed by atoms with Crippen molar-refractivity contribution in [2.45, 2.75) is 6.10 Å². The number of likely N-dealkylation sites (N-methyl/N-ethyl adjacent to an activating group) is 1. The fourth-order valence-corrected chi connectivity index (χ4v) is 2.37. The van der Waals surface area contributed by atoms with Crippen LogP contribution in [0.1, 0.15) is 5.56 Å². The van der Waals surface area contributed by atoms with Crippen molar-refractivity contribution >= 4 is 11.6 Å². The molecule has 1 N–H and O–H groups in total. The molecule has 138 valence electrons. The summed E-state index contributed by atoms with van der Waals surface area (Å²) in [6.45, 7) is 0.208. The maximum absolute atomic E-state index is 12.3. The predicted octanol–water partition coefficient (Wildman–Crippen LogP) is 1.13. The molecule has 0 saturated carbocycles. The molecule has 0 aromatic heterocycles. The lowest BCUT2D eigenvalue weighted by Crippen LogP contribution is -2.44. The normalized spacial score (nSPS) is 13.3. The van der Waals surface area contributed by atoms with Crippen LogP contribution in [0.15, 0.2) is 59.7 Å². The van der Waals surface area contributed by atoms with Crippen molar-refractivity contribution in [1.29, 1.82) is 0 Å². The summed E-state index contributed by atoms with van der Waals surface area (Å²) in [4.78, 5) is 10.2. The molecule has 0 fully saturated rings. The average molecular weight is 359 g/mol. The first-order valence-electron chi connectivity index (χ1n) is 7.98. The van der Waals surface area contributed by atoms with Crippen LogP contribution >= 0.6 is 0 Å². The molecule has 0 bridgehead atoms. The third kappa shape index (κ3) is 5.83. The zero-order valence-electron chi connectivity index (χ0n) is 14.6. The van der Waals surface area contributed by atoms with Crippen LogP contribution in [-0.2, 0) is 0 Å². The lowest BCUT2D eigenvalue weighted by molar-refractivity contribution is -0.901. The van der Waals surface area contributed by atoms with E-state index >= 15 is 0 Å². The molecule has 0 spiro atoms. The fraction of sp³-hybridized carbons (Fsp3) is 0.278. The number of quaternary nitrogens is 1. The zero-order valence-corrected chi connectivity index (χ0v) is 14.6. The Hall–Kier alpha value is -2.97. The van der Waals surface area contributed by atoms with E-state index in [1.807, 2.05) is 18.2 Å². The number of nitro benzene ring substituents is 1. The van der Waals surface area contributed by atoms with Crippen molar-refractivity contribution in [3.8, 4) is 5.75 Å². The van der Waals surface area contributed by atoms with Gasteiger partial charge in [0.15, 0.2) is 0 Å². The Morgan fingerprint density at radius 3 is 2.58 bits per heavy atom. The number of benzene rings is 2. The van der Waals surface area contributed by atoms with Gasteiger partial charge < -0.3 is 14.9 Å². The zero-order chi connectivity index (χ0) is 19.2. The van der Waals surface area contributed by atoms with Gasteiger partial charge in [0.25, 0.3) is 5.69 Å². The van der Waals surface area contributed by atoms with E-state index in [0.29, 0.717) is 5.75 Å². The first kappa shape index (κ1) is 19.4. The van der Waals surface area contributed by atoms with Crippen LogP contribution in [0.4, 0.5) is 5.69 Å². The molecule has 0 aliphatic rings. The third-order valence-electron chi connectivity index (χ3n) is 3.51. The summed E-state index contributed by atoms with van der Waals surface area (Å²) in [5.41, 5.74) is -0.0481. The van der Waals surface area contributed by atoms with E-state index in [1.54, 1.807) is 26.2 Å². The van der Waals surface area contributed by atoms with E-state index < -0.39 is 16.9 Å². The van der Waals surface area contributed by atoms with Crippen LogP contribution in [0, 0.1) is 10.1 Å². The molecule has 8 heteroatoms. The molecule has 0 saturated heterocycles. The van der Waals surface area contributed by atoms with Crippen LogP contribution in [0.5, 0.6) is 5.75 Å². The molecule has 1 atom stereocenters. The number of hydrogen-bond acceptors (Lipinski definition) is 6. The van der Waals surface area contributed by atoms with Crippen molar-refractivity contribution in [1.82, 2.24) is 0 Å². The maximum atomic E-state index is 12.3. The Balaban J connectivity index is 2.00. The molecular weight excluding hydrogens is 338 g/mol. The summed E-state index contributed by atoms with van der Waals surface area (Å²) >= 11 is 0. The van der Waals surface area contributed by atoms with Gasteiger partial charge in [0.05, 0.1) is 24.9 Å². The maximum Gasteiger partial charge on any atom is 0.270 e. The SMILES string of the molecule is C[N+](C)(CC(O)COc1ccccc1)/N=C(\[O-])c1cccc([N+](=O)[O-])c1. The Kier molecular flexibility index (Phi) is 6.26. The number of nitro groups is 1. The highest BCUT2D eigenvalue weighted by Gasteiger charge is 2.21. The van der Waals surface area contributed by atoms with Crippen LogP contribution < -0.4 is 9.84 Å². The summed E-state index contributed by atoms with van der Waals surface area (Å²) in [5.74, 6) is 0.0522. The number of aliphatic hydroxyl groups is 1. The van der Waals surface area contributed by atoms with Gasteiger partial charge in [-0.3, -0.25) is 10.1 Å². The quantitative estimate of drug-likeness (QED) is 0.250.